The maximum Gasteiger partial charge on any atom is 0.0640 e. The minimum absolute atomic E-state index is 0.475. The summed E-state index contributed by atoms with van der Waals surface area (Å²) in [6, 6.07) is 21.3. The van der Waals surface area contributed by atoms with E-state index in [2.05, 4.69) is 69.1 Å². The fraction of sp³-hybridized carbons (Fsp3) is 0.273. The molecule has 3 aromatic rings. The number of hydrogen-bond acceptors (Lipinski definition) is 6. The molecule has 28 heavy (non-hydrogen) atoms. The summed E-state index contributed by atoms with van der Waals surface area (Å²) in [4.78, 5) is 7.10. The van der Waals surface area contributed by atoms with Gasteiger partial charge in [0.05, 0.1) is 49.4 Å². The summed E-state index contributed by atoms with van der Waals surface area (Å²) >= 11 is 3.46. The summed E-state index contributed by atoms with van der Waals surface area (Å²) in [5, 5.41) is 22.4. The zero-order valence-electron chi connectivity index (χ0n) is 15.6. The third-order valence-electron chi connectivity index (χ3n) is 4.40. The van der Waals surface area contributed by atoms with Gasteiger partial charge in [0.25, 0.3) is 0 Å². The van der Waals surface area contributed by atoms with E-state index >= 15 is 0 Å². The van der Waals surface area contributed by atoms with E-state index in [1.54, 1.807) is 22.7 Å². The summed E-state index contributed by atoms with van der Waals surface area (Å²) in [5.74, 6) is 0. The summed E-state index contributed by atoms with van der Waals surface area (Å²) in [7, 11) is 0. The first-order chi connectivity index (χ1) is 13.8. The van der Waals surface area contributed by atoms with Crippen molar-refractivity contribution in [1.82, 2.24) is 0 Å². The predicted molar refractivity (Wildman–Crippen MR) is 118 cm³/mol. The summed E-state index contributed by atoms with van der Waals surface area (Å²) < 4.78 is 0. The molecule has 0 radical (unpaired) electrons. The van der Waals surface area contributed by atoms with Crippen molar-refractivity contribution >= 4 is 34.0 Å². The lowest BCUT2D eigenvalue weighted by molar-refractivity contribution is 0.777. The molecular weight excluding hydrogens is 384 g/mol. The summed E-state index contributed by atoms with van der Waals surface area (Å²) in [6.45, 7) is 2.91. The van der Waals surface area contributed by atoms with Gasteiger partial charge in [-0.3, -0.25) is 0 Å². The van der Waals surface area contributed by atoms with E-state index in [-0.39, 0.29) is 0 Å². The number of nitrogens with zero attached hydrogens (tertiary/aromatic N) is 4. The van der Waals surface area contributed by atoms with Gasteiger partial charge in [0.2, 0.25) is 0 Å². The summed E-state index contributed by atoms with van der Waals surface area (Å²) in [5.41, 5.74) is 2.22. The van der Waals surface area contributed by atoms with Gasteiger partial charge >= 0.3 is 0 Å². The Bertz CT molecular complexity index is 843. The van der Waals surface area contributed by atoms with Gasteiger partial charge in [-0.15, -0.1) is 22.7 Å². The molecule has 6 heteroatoms. The van der Waals surface area contributed by atoms with Crippen LogP contribution in [0.25, 0.3) is 0 Å². The second-order valence-electron chi connectivity index (χ2n) is 6.31. The first-order valence-corrected chi connectivity index (χ1v) is 11.0. The van der Waals surface area contributed by atoms with Gasteiger partial charge < -0.3 is 9.80 Å². The molecule has 0 bridgehead atoms. The molecule has 0 saturated heterocycles. The molecule has 3 rings (SSSR count). The quantitative estimate of drug-likeness (QED) is 0.436. The largest absolute Gasteiger partial charge is 0.364 e. The van der Waals surface area contributed by atoms with Crippen LogP contribution in [0.4, 0.5) is 11.4 Å². The van der Waals surface area contributed by atoms with Crippen LogP contribution in [0.1, 0.15) is 22.6 Å². The van der Waals surface area contributed by atoms with Crippen LogP contribution in [0, 0.1) is 22.7 Å². The fourth-order valence-corrected chi connectivity index (χ4v) is 4.56. The zero-order valence-corrected chi connectivity index (χ0v) is 17.3. The molecule has 142 valence electrons. The highest BCUT2D eigenvalue weighted by atomic mass is 32.1. The van der Waals surface area contributed by atoms with Crippen molar-refractivity contribution in [2.24, 2.45) is 0 Å². The third-order valence-corrected chi connectivity index (χ3v) is 6.13. The minimum Gasteiger partial charge on any atom is -0.364 e. The van der Waals surface area contributed by atoms with Crippen LogP contribution in [0.5, 0.6) is 0 Å². The van der Waals surface area contributed by atoms with Crippen LogP contribution >= 0.6 is 22.7 Å². The number of thiophene rings is 2. The predicted octanol–water partition coefficient (Wildman–Crippen LogP) is 5.65. The Balaban J connectivity index is 1.92. The van der Waals surface area contributed by atoms with Crippen molar-refractivity contribution in [2.45, 2.75) is 25.9 Å². The Morgan fingerprint density at radius 3 is 1.50 bits per heavy atom. The van der Waals surface area contributed by atoms with Crippen LogP contribution in [-0.2, 0) is 13.1 Å². The van der Waals surface area contributed by atoms with E-state index in [4.69, 9.17) is 10.5 Å². The smallest absolute Gasteiger partial charge is 0.0640 e. The molecule has 0 saturated carbocycles. The van der Waals surface area contributed by atoms with Crippen molar-refractivity contribution in [3.8, 4) is 12.1 Å². The van der Waals surface area contributed by atoms with Crippen LogP contribution in [0.2, 0.25) is 0 Å². The number of para-hydroxylation sites is 2. The van der Waals surface area contributed by atoms with Crippen LogP contribution in [-0.4, -0.2) is 13.1 Å². The normalized spacial score (nSPS) is 10.2. The van der Waals surface area contributed by atoms with Gasteiger partial charge in [-0.25, -0.2) is 0 Å². The lowest BCUT2D eigenvalue weighted by Gasteiger charge is -2.31. The van der Waals surface area contributed by atoms with Gasteiger partial charge in [-0.1, -0.05) is 24.3 Å². The molecular formula is C22H22N4S2. The molecule has 0 N–H and O–H groups in total. The maximum absolute atomic E-state index is 9.13. The van der Waals surface area contributed by atoms with E-state index in [0.29, 0.717) is 25.9 Å². The Labute approximate surface area is 174 Å². The second-order valence-corrected chi connectivity index (χ2v) is 8.37. The standard InChI is InChI=1S/C22H22N4S2/c23-11-5-13-25(17-19-7-3-15-27-19)21-9-1-2-10-22(21)26(14-6-12-24)18-20-8-4-16-28-20/h1-4,7-10,15-16H,5-6,13-14,17-18H2. The Hall–Kier alpha value is -2.80. The van der Waals surface area contributed by atoms with Crippen molar-refractivity contribution in [1.29, 1.82) is 10.5 Å². The van der Waals surface area contributed by atoms with E-state index in [9.17, 15) is 0 Å². The van der Waals surface area contributed by atoms with Crippen molar-refractivity contribution in [3.05, 3.63) is 69.0 Å². The van der Waals surface area contributed by atoms with Gasteiger partial charge in [0.1, 0.15) is 0 Å². The SMILES string of the molecule is N#CCCN(Cc1cccs1)c1ccccc1N(CCC#N)Cc1cccs1. The van der Waals surface area contributed by atoms with Gasteiger partial charge in [-0.05, 0) is 35.0 Å². The first kappa shape index (κ1) is 19.9. The monoisotopic (exact) mass is 406 g/mol. The second kappa shape index (κ2) is 10.5. The molecule has 0 unspecified atom stereocenters. The highest BCUT2D eigenvalue weighted by molar-refractivity contribution is 7.10. The van der Waals surface area contributed by atoms with E-state index in [1.165, 1.54) is 9.75 Å². The van der Waals surface area contributed by atoms with Crippen molar-refractivity contribution in [3.63, 3.8) is 0 Å². The molecule has 0 aliphatic heterocycles. The molecule has 0 aliphatic carbocycles. The van der Waals surface area contributed by atoms with Crippen LogP contribution in [0.3, 0.4) is 0 Å². The maximum atomic E-state index is 9.13. The van der Waals surface area contributed by atoms with E-state index in [0.717, 1.165) is 24.5 Å². The van der Waals surface area contributed by atoms with E-state index in [1.807, 2.05) is 12.1 Å². The lowest BCUT2D eigenvalue weighted by atomic mass is 10.2. The van der Waals surface area contributed by atoms with Gasteiger partial charge in [0, 0.05) is 22.8 Å². The Morgan fingerprint density at radius 2 is 1.14 bits per heavy atom. The average Bonchev–Trinajstić information content (AvgIpc) is 3.42. The van der Waals surface area contributed by atoms with Crippen LogP contribution < -0.4 is 9.80 Å². The highest BCUT2D eigenvalue weighted by Gasteiger charge is 2.17. The Morgan fingerprint density at radius 1 is 0.679 bits per heavy atom. The van der Waals surface area contributed by atoms with Crippen LogP contribution in [0.15, 0.2) is 59.3 Å². The van der Waals surface area contributed by atoms with E-state index < -0.39 is 0 Å². The summed E-state index contributed by atoms with van der Waals surface area (Å²) in [6.07, 6.45) is 0.950. The molecule has 0 atom stereocenters. The third kappa shape index (κ3) is 5.36. The molecule has 2 heterocycles. The molecule has 2 aromatic heterocycles. The van der Waals surface area contributed by atoms with Crippen molar-refractivity contribution in [2.75, 3.05) is 22.9 Å². The zero-order chi connectivity index (χ0) is 19.6. The van der Waals surface area contributed by atoms with Gasteiger partial charge in [-0.2, -0.15) is 10.5 Å². The molecule has 0 fully saturated rings. The fourth-order valence-electron chi connectivity index (χ4n) is 3.12. The molecule has 0 aliphatic rings. The number of nitriles is 2. The molecule has 1 aromatic carbocycles. The Kier molecular flexibility index (Phi) is 7.49. The minimum atomic E-state index is 0.475. The highest BCUT2D eigenvalue weighted by Crippen LogP contribution is 2.33. The number of rotatable bonds is 10. The first-order valence-electron chi connectivity index (χ1n) is 9.19. The topological polar surface area (TPSA) is 54.1 Å². The number of benzene rings is 1. The average molecular weight is 407 g/mol. The number of hydrogen-bond donors (Lipinski definition) is 0. The lowest BCUT2D eigenvalue weighted by Crippen LogP contribution is -2.29. The molecule has 0 amide bonds. The number of anilines is 2. The van der Waals surface area contributed by atoms with Crippen molar-refractivity contribution < 1.29 is 0 Å². The molecule has 0 spiro atoms. The molecule has 4 nitrogen and oxygen atoms in total. The van der Waals surface area contributed by atoms with Gasteiger partial charge in [0.15, 0.2) is 0 Å².